The Morgan fingerprint density at radius 2 is 2.39 bits per heavy atom. The lowest BCUT2D eigenvalue weighted by Crippen LogP contribution is -2.30. The molecule has 0 aromatic heterocycles. The van der Waals surface area contributed by atoms with Crippen LogP contribution in [0.2, 0.25) is 0 Å². The van der Waals surface area contributed by atoms with E-state index in [0.29, 0.717) is 18.8 Å². The second kappa shape index (κ2) is 5.48. The minimum absolute atomic E-state index is 0.504. The molecule has 0 saturated carbocycles. The Hall–Kier alpha value is -2.12. The number of allylic oxidation sites excluding steroid dienone is 1. The van der Waals surface area contributed by atoms with Gasteiger partial charge in [-0.1, -0.05) is 6.07 Å². The number of nitrogens with one attached hydrogen (secondary N) is 2. The maximum Gasteiger partial charge on any atom is 0.0991 e. The molecule has 0 spiro atoms. The molecule has 1 aliphatic heterocycles. The molecule has 0 amide bonds. The third-order valence-electron chi connectivity index (χ3n) is 2.95. The van der Waals surface area contributed by atoms with Crippen molar-refractivity contribution in [3.63, 3.8) is 0 Å². The highest BCUT2D eigenvalue weighted by atomic mass is 16.5. The summed E-state index contributed by atoms with van der Waals surface area (Å²) in [6.07, 6.45) is 1.34. The fraction of sp³-hybridized carbons (Fsp3) is 0.286. The van der Waals surface area contributed by atoms with Gasteiger partial charge in [-0.2, -0.15) is 5.26 Å². The lowest BCUT2D eigenvalue weighted by atomic mass is 9.97. The van der Waals surface area contributed by atoms with E-state index in [0.717, 1.165) is 28.9 Å². The van der Waals surface area contributed by atoms with Crippen LogP contribution in [0.1, 0.15) is 16.7 Å². The summed E-state index contributed by atoms with van der Waals surface area (Å²) in [6, 6.07) is 7.61. The van der Waals surface area contributed by atoms with Crippen molar-refractivity contribution in [1.29, 1.82) is 10.7 Å². The van der Waals surface area contributed by atoms with Gasteiger partial charge in [0.1, 0.15) is 0 Å². The van der Waals surface area contributed by atoms with Crippen molar-refractivity contribution >= 4 is 11.8 Å². The van der Waals surface area contributed by atoms with Gasteiger partial charge in [-0.3, -0.25) is 0 Å². The van der Waals surface area contributed by atoms with Crippen LogP contribution < -0.4 is 5.32 Å². The van der Waals surface area contributed by atoms with Crippen LogP contribution in [0, 0.1) is 23.7 Å². The van der Waals surface area contributed by atoms with Crippen LogP contribution >= 0.6 is 0 Å². The van der Waals surface area contributed by atoms with Crippen LogP contribution in [-0.2, 0) is 4.74 Å². The standard InChI is InChI=1S/C14H15N3O/c1-10-6-11(7-15)2-3-12(10)13(8-16)14-9-18-5-4-17-14/h2-3,6,8,16-17H,4-5,9H2,1H3/b14-13+,16-8?. The normalized spacial score (nSPS) is 17.6. The van der Waals surface area contributed by atoms with Crippen LogP contribution in [-0.4, -0.2) is 26.0 Å². The highest BCUT2D eigenvalue weighted by molar-refractivity contribution is 6.10. The second-order valence-corrected chi connectivity index (χ2v) is 4.16. The van der Waals surface area contributed by atoms with Gasteiger partial charge in [0.2, 0.25) is 0 Å². The molecule has 2 N–H and O–H groups in total. The number of hydrogen-bond donors (Lipinski definition) is 2. The number of ether oxygens (including phenoxy) is 1. The molecule has 18 heavy (non-hydrogen) atoms. The fourth-order valence-corrected chi connectivity index (χ4v) is 2.04. The average molecular weight is 241 g/mol. The predicted octanol–water partition coefficient (Wildman–Crippen LogP) is 1.85. The SMILES string of the molecule is Cc1cc(C#N)ccc1/C(C=N)=C1\COCCN1. The number of nitrogens with zero attached hydrogens (tertiary/aromatic N) is 1. The smallest absolute Gasteiger partial charge is 0.0991 e. The average Bonchev–Trinajstić information content (AvgIpc) is 2.42. The van der Waals surface area contributed by atoms with E-state index < -0.39 is 0 Å². The molecule has 1 fully saturated rings. The molecular weight excluding hydrogens is 226 g/mol. The molecule has 0 radical (unpaired) electrons. The summed E-state index contributed by atoms with van der Waals surface area (Å²) >= 11 is 0. The lowest BCUT2D eigenvalue weighted by Gasteiger charge is -2.21. The number of hydrogen-bond acceptors (Lipinski definition) is 4. The van der Waals surface area contributed by atoms with Gasteiger partial charge in [0.15, 0.2) is 0 Å². The summed E-state index contributed by atoms with van der Waals surface area (Å²) in [5, 5.41) is 19.7. The second-order valence-electron chi connectivity index (χ2n) is 4.16. The van der Waals surface area contributed by atoms with Crippen LogP contribution in [0.15, 0.2) is 23.9 Å². The van der Waals surface area contributed by atoms with Gasteiger partial charge in [0.25, 0.3) is 0 Å². The van der Waals surface area contributed by atoms with Crippen LogP contribution in [0.4, 0.5) is 0 Å². The molecule has 1 aromatic rings. The highest BCUT2D eigenvalue weighted by Crippen LogP contribution is 2.21. The molecule has 2 rings (SSSR count). The van der Waals surface area contributed by atoms with Crippen LogP contribution in [0.3, 0.4) is 0 Å². The molecule has 1 saturated heterocycles. The van der Waals surface area contributed by atoms with Gasteiger partial charge < -0.3 is 15.5 Å². The van der Waals surface area contributed by atoms with Gasteiger partial charge in [0, 0.05) is 24.0 Å². The van der Waals surface area contributed by atoms with Crippen molar-refractivity contribution in [2.75, 3.05) is 19.8 Å². The predicted molar refractivity (Wildman–Crippen MR) is 70.4 cm³/mol. The summed E-state index contributed by atoms with van der Waals surface area (Å²) < 4.78 is 5.40. The van der Waals surface area contributed by atoms with E-state index in [2.05, 4.69) is 11.4 Å². The van der Waals surface area contributed by atoms with Gasteiger partial charge in [0.05, 0.1) is 24.8 Å². The zero-order valence-electron chi connectivity index (χ0n) is 10.3. The largest absolute Gasteiger partial charge is 0.384 e. The Kier molecular flexibility index (Phi) is 3.75. The Bertz CT molecular complexity index is 532. The molecule has 0 unspecified atom stereocenters. The number of benzene rings is 1. The van der Waals surface area contributed by atoms with E-state index in [4.69, 9.17) is 15.4 Å². The van der Waals surface area contributed by atoms with Crippen LogP contribution in [0.5, 0.6) is 0 Å². The van der Waals surface area contributed by atoms with Gasteiger partial charge in [-0.15, -0.1) is 0 Å². The Morgan fingerprint density at radius 1 is 1.56 bits per heavy atom. The number of morpholine rings is 1. The Labute approximate surface area is 106 Å². The molecule has 4 nitrogen and oxygen atoms in total. The van der Waals surface area contributed by atoms with Gasteiger partial charge in [-0.25, -0.2) is 0 Å². The maximum absolute atomic E-state index is 8.86. The first kappa shape index (κ1) is 12.3. The van der Waals surface area contributed by atoms with E-state index >= 15 is 0 Å². The topological polar surface area (TPSA) is 68.9 Å². The zero-order valence-corrected chi connectivity index (χ0v) is 10.3. The minimum atomic E-state index is 0.504. The van der Waals surface area contributed by atoms with Crippen molar-refractivity contribution in [2.45, 2.75) is 6.92 Å². The lowest BCUT2D eigenvalue weighted by molar-refractivity contribution is 0.133. The molecule has 1 aromatic carbocycles. The van der Waals surface area contributed by atoms with E-state index in [1.54, 1.807) is 6.07 Å². The summed E-state index contributed by atoms with van der Waals surface area (Å²) in [4.78, 5) is 0. The number of nitriles is 1. The van der Waals surface area contributed by atoms with E-state index in [-0.39, 0.29) is 0 Å². The Balaban J connectivity index is 2.45. The molecular formula is C14H15N3O. The first-order valence-corrected chi connectivity index (χ1v) is 5.82. The molecule has 1 aliphatic rings. The first-order valence-electron chi connectivity index (χ1n) is 5.82. The van der Waals surface area contributed by atoms with Crippen molar-refractivity contribution in [3.8, 4) is 6.07 Å². The van der Waals surface area contributed by atoms with E-state index in [9.17, 15) is 0 Å². The maximum atomic E-state index is 8.86. The van der Waals surface area contributed by atoms with Gasteiger partial charge >= 0.3 is 0 Å². The third-order valence-corrected chi connectivity index (χ3v) is 2.95. The molecule has 92 valence electrons. The third kappa shape index (κ3) is 2.41. The van der Waals surface area contributed by atoms with Crippen molar-refractivity contribution < 1.29 is 4.74 Å². The number of aryl methyl sites for hydroxylation is 1. The molecule has 0 aliphatic carbocycles. The monoisotopic (exact) mass is 241 g/mol. The summed E-state index contributed by atoms with van der Waals surface area (Å²) in [5.41, 5.74) is 4.36. The molecule has 0 atom stereocenters. The summed E-state index contributed by atoms with van der Waals surface area (Å²) in [7, 11) is 0. The minimum Gasteiger partial charge on any atom is -0.384 e. The Morgan fingerprint density at radius 3 is 2.94 bits per heavy atom. The first-order chi connectivity index (χ1) is 8.76. The molecule has 1 heterocycles. The van der Waals surface area contributed by atoms with E-state index in [1.807, 2.05) is 19.1 Å². The van der Waals surface area contributed by atoms with E-state index in [1.165, 1.54) is 6.21 Å². The molecule has 4 heteroatoms. The summed E-state index contributed by atoms with van der Waals surface area (Å²) in [6.45, 7) is 3.91. The number of rotatable bonds is 2. The summed E-state index contributed by atoms with van der Waals surface area (Å²) in [5.74, 6) is 0. The van der Waals surface area contributed by atoms with Crippen molar-refractivity contribution in [1.82, 2.24) is 5.32 Å². The quantitative estimate of drug-likeness (QED) is 0.776. The van der Waals surface area contributed by atoms with Crippen LogP contribution in [0.25, 0.3) is 5.57 Å². The van der Waals surface area contributed by atoms with Crippen molar-refractivity contribution in [2.24, 2.45) is 0 Å². The highest BCUT2D eigenvalue weighted by Gasteiger charge is 2.13. The molecule has 0 bridgehead atoms. The van der Waals surface area contributed by atoms with Gasteiger partial charge in [-0.05, 0) is 30.2 Å². The fourth-order valence-electron chi connectivity index (χ4n) is 2.04. The zero-order chi connectivity index (χ0) is 13.0. The van der Waals surface area contributed by atoms with Crippen molar-refractivity contribution in [3.05, 3.63) is 40.6 Å².